The maximum Gasteiger partial charge on any atom is 0.249 e. The fourth-order valence-corrected chi connectivity index (χ4v) is 3.26. The fourth-order valence-electron chi connectivity index (χ4n) is 3.26. The zero-order valence-corrected chi connectivity index (χ0v) is 14.5. The Morgan fingerprint density at radius 3 is 3.04 bits per heavy atom. The van der Waals surface area contributed by atoms with Crippen molar-refractivity contribution in [3.05, 3.63) is 35.7 Å². The first-order valence-corrected chi connectivity index (χ1v) is 8.89. The molecule has 1 aliphatic rings. The molecule has 1 fully saturated rings. The molecule has 0 aliphatic carbocycles. The highest BCUT2D eigenvalue weighted by atomic mass is 16.5. The maximum absolute atomic E-state index is 12.5. The van der Waals surface area contributed by atoms with Crippen LogP contribution in [0.3, 0.4) is 0 Å². The topological polar surface area (TPSA) is 59.2 Å². The molecule has 1 aromatic carbocycles. The minimum absolute atomic E-state index is 0.0646. The first-order valence-electron chi connectivity index (χ1n) is 8.89. The second-order valence-corrected chi connectivity index (χ2v) is 6.53. The summed E-state index contributed by atoms with van der Waals surface area (Å²) in [5.41, 5.74) is 2.11. The summed E-state index contributed by atoms with van der Waals surface area (Å²) in [6.45, 7) is 4.98. The quantitative estimate of drug-likeness (QED) is 0.743. The molecule has 2 heterocycles. The van der Waals surface area contributed by atoms with Gasteiger partial charge in [0.1, 0.15) is 6.04 Å². The van der Waals surface area contributed by atoms with Crippen molar-refractivity contribution >= 4 is 5.91 Å². The summed E-state index contributed by atoms with van der Waals surface area (Å²) in [5, 5.41) is 4.12. The van der Waals surface area contributed by atoms with Crippen molar-refractivity contribution < 1.29 is 9.32 Å². The number of aromatic nitrogens is 2. The fraction of sp³-hybridized carbons (Fsp3) is 0.526. The molecule has 1 aliphatic heterocycles. The number of amides is 1. The van der Waals surface area contributed by atoms with Gasteiger partial charge in [-0.1, -0.05) is 48.7 Å². The second kappa shape index (κ2) is 7.60. The van der Waals surface area contributed by atoms with Gasteiger partial charge in [-0.15, -0.1) is 0 Å². The number of rotatable bonds is 6. The van der Waals surface area contributed by atoms with Crippen molar-refractivity contribution in [2.24, 2.45) is 0 Å². The number of nitrogens with zero attached hydrogens (tertiary/aromatic N) is 3. The maximum atomic E-state index is 12.5. The van der Waals surface area contributed by atoms with Crippen LogP contribution in [-0.4, -0.2) is 27.5 Å². The van der Waals surface area contributed by atoms with Gasteiger partial charge in [0.05, 0.1) is 0 Å². The van der Waals surface area contributed by atoms with Gasteiger partial charge in [-0.25, -0.2) is 0 Å². The van der Waals surface area contributed by atoms with Crippen molar-refractivity contribution in [2.45, 2.75) is 58.4 Å². The summed E-state index contributed by atoms with van der Waals surface area (Å²) in [4.78, 5) is 18.9. The van der Waals surface area contributed by atoms with E-state index < -0.39 is 0 Å². The van der Waals surface area contributed by atoms with Gasteiger partial charge in [0.15, 0.2) is 0 Å². The van der Waals surface area contributed by atoms with Gasteiger partial charge in [-0.2, -0.15) is 4.98 Å². The smallest absolute Gasteiger partial charge is 0.249 e. The van der Waals surface area contributed by atoms with E-state index in [1.165, 1.54) is 0 Å². The van der Waals surface area contributed by atoms with E-state index in [1.807, 2.05) is 36.1 Å². The van der Waals surface area contributed by atoms with E-state index in [2.05, 4.69) is 17.1 Å². The predicted molar refractivity (Wildman–Crippen MR) is 92.3 cm³/mol. The van der Waals surface area contributed by atoms with E-state index in [0.29, 0.717) is 18.1 Å². The average molecular weight is 327 g/mol. The Kier molecular flexibility index (Phi) is 5.28. The van der Waals surface area contributed by atoms with Crippen LogP contribution in [0.25, 0.3) is 11.4 Å². The van der Waals surface area contributed by atoms with E-state index >= 15 is 0 Å². The number of aryl methyl sites for hydroxylation is 1. The number of likely N-dealkylation sites (tertiary alicyclic amines) is 1. The first kappa shape index (κ1) is 16.7. The molecule has 0 spiro atoms. The molecule has 0 bridgehead atoms. The molecule has 0 radical (unpaired) electrons. The SMILES string of the molecule is CCCCCC(=O)N1CCCC1c1nc(-c2cccc(C)c2)no1. The van der Waals surface area contributed by atoms with Crippen LogP contribution >= 0.6 is 0 Å². The Bertz CT molecular complexity index is 695. The molecule has 5 nitrogen and oxygen atoms in total. The number of hydrogen-bond donors (Lipinski definition) is 0. The summed E-state index contributed by atoms with van der Waals surface area (Å²) in [6.07, 6.45) is 5.68. The Morgan fingerprint density at radius 1 is 1.38 bits per heavy atom. The highest BCUT2D eigenvalue weighted by Crippen LogP contribution is 2.32. The van der Waals surface area contributed by atoms with Gasteiger partial charge in [-0.3, -0.25) is 4.79 Å². The zero-order valence-electron chi connectivity index (χ0n) is 14.5. The van der Waals surface area contributed by atoms with Crippen LogP contribution in [-0.2, 0) is 4.79 Å². The van der Waals surface area contributed by atoms with Crippen LogP contribution in [0, 0.1) is 6.92 Å². The third-order valence-electron chi connectivity index (χ3n) is 4.57. The lowest BCUT2D eigenvalue weighted by Crippen LogP contribution is -2.30. The summed E-state index contributed by atoms with van der Waals surface area (Å²) in [6, 6.07) is 7.98. The Balaban J connectivity index is 1.72. The molecule has 0 N–H and O–H groups in total. The average Bonchev–Trinajstić information content (AvgIpc) is 3.24. The van der Waals surface area contributed by atoms with Crippen LogP contribution in [0.2, 0.25) is 0 Å². The largest absolute Gasteiger partial charge is 0.337 e. The first-order chi connectivity index (χ1) is 11.7. The minimum atomic E-state index is -0.0646. The molecule has 1 aromatic heterocycles. The lowest BCUT2D eigenvalue weighted by Gasteiger charge is -2.21. The predicted octanol–water partition coefficient (Wildman–Crippen LogP) is 4.29. The van der Waals surface area contributed by atoms with Crippen molar-refractivity contribution in [3.63, 3.8) is 0 Å². The van der Waals surface area contributed by atoms with Crippen molar-refractivity contribution in [3.8, 4) is 11.4 Å². The summed E-state index contributed by atoms with van der Waals surface area (Å²) in [5.74, 6) is 1.37. The minimum Gasteiger partial charge on any atom is -0.337 e. The molecular formula is C19H25N3O2. The third-order valence-corrected chi connectivity index (χ3v) is 4.57. The Morgan fingerprint density at radius 2 is 2.25 bits per heavy atom. The van der Waals surface area contributed by atoms with Crippen LogP contribution < -0.4 is 0 Å². The van der Waals surface area contributed by atoms with Crippen molar-refractivity contribution in [1.29, 1.82) is 0 Å². The number of hydrogen-bond acceptors (Lipinski definition) is 4. The standard InChI is InChI=1S/C19H25N3O2/c1-3-4-5-11-17(23)22-12-7-10-16(22)19-20-18(21-24-19)15-9-6-8-14(2)13-15/h6,8-9,13,16H,3-5,7,10-12H2,1-2H3. The van der Waals surface area contributed by atoms with Crippen LogP contribution in [0.4, 0.5) is 0 Å². The van der Waals surface area contributed by atoms with Gasteiger partial charge in [-0.05, 0) is 32.3 Å². The molecule has 128 valence electrons. The molecule has 0 saturated carbocycles. The van der Waals surface area contributed by atoms with Crippen molar-refractivity contribution in [2.75, 3.05) is 6.54 Å². The van der Waals surface area contributed by atoms with E-state index in [9.17, 15) is 4.79 Å². The molecule has 3 rings (SSSR count). The summed E-state index contributed by atoms with van der Waals surface area (Å²) >= 11 is 0. The molecule has 1 atom stereocenters. The van der Waals surface area contributed by atoms with E-state index in [4.69, 9.17) is 4.52 Å². The van der Waals surface area contributed by atoms with Crippen LogP contribution in [0.1, 0.15) is 62.9 Å². The lowest BCUT2D eigenvalue weighted by atomic mass is 10.1. The van der Waals surface area contributed by atoms with Crippen LogP contribution in [0.15, 0.2) is 28.8 Å². The van der Waals surface area contributed by atoms with Gasteiger partial charge in [0.2, 0.25) is 17.6 Å². The second-order valence-electron chi connectivity index (χ2n) is 6.53. The Labute approximate surface area is 143 Å². The highest BCUT2D eigenvalue weighted by Gasteiger charge is 2.33. The molecule has 2 aromatic rings. The third kappa shape index (κ3) is 3.66. The number of benzene rings is 1. The molecule has 1 unspecified atom stereocenters. The van der Waals surface area contributed by atoms with Crippen molar-refractivity contribution in [1.82, 2.24) is 15.0 Å². The molecule has 1 amide bonds. The summed E-state index contributed by atoms with van der Waals surface area (Å²) < 4.78 is 5.49. The van der Waals surface area contributed by atoms with E-state index in [1.54, 1.807) is 0 Å². The van der Waals surface area contributed by atoms with Gasteiger partial charge in [0, 0.05) is 18.5 Å². The van der Waals surface area contributed by atoms with Gasteiger partial charge < -0.3 is 9.42 Å². The zero-order chi connectivity index (χ0) is 16.9. The monoisotopic (exact) mass is 327 g/mol. The van der Waals surface area contributed by atoms with E-state index in [-0.39, 0.29) is 11.9 Å². The molecule has 24 heavy (non-hydrogen) atoms. The normalized spacial score (nSPS) is 17.4. The number of carbonyl (C=O) groups excluding carboxylic acids is 1. The van der Waals surface area contributed by atoms with E-state index in [0.717, 1.165) is 49.8 Å². The molecular weight excluding hydrogens is 302 g/mol. The highest BCUT2D eigenvalue weighted by molar-refractivity contribution is 5.76. The molecule has 1 saturated heterocycles. The molecule has 5 heteroatoms. The summed E-state index contributed by atoms with van der Waals surface area (Å²) in [7, 11) is 0. The van der Waals surface area contributed by atoms with Gasteiger partial charge >= 0.3 is 0 Å². The number of carbonyl (C=O) groups is 1. The number of unbranched alkanes of at least 4 members (excludes halogenated alkanes) is 2. The lowest BCUT2D eigenvalue weighted by molar-refractivity contribution is -0.132. The Hall–Kier alpha value is -2.17. The van der Waals surface area contributed by atoms with Gasteiger partial charge in [0.25, 0.3) is 0 Å². The van der Waals surface area contributed by atoms with Crippen LogP contribution in [0.5, 0.6) is 0 Å².